The number of halogens is 1. The van der Waals surface area contributed by atoms with Crippen molar-refractivity contribution in [1.29, 1.82) is 0 Å². The number of carbonyl (C=O) groups is 1. The van der Waals surface area contributed by atoms with Crippen molar-refractivity contribution in [3.05, 3.63) is 22.7 Å². The van der Waals surface area contributed by atoms with Gasteiger partial charge in [0.25, 0.3) is 0 Å². The Balaban J connectivity index is 1.65. The normalized spacial score (nSPS) is 19.4. The van der Waals surface area contributed by atoms with Crippen molar-refractivity contribution in [2.75, 3.05) is 17.2 Å². The van der Waals surface area contributed by atoms with E-state index in [1.165, 1.54) is 38.5 Å². The molecule has 1 aliphatic carbocycles. The zero-order valence-corrected chi connectivity index (χ0v) is 12.4. The van der Waals surface area contributed by atoms with Crippen LogP contribution in [0.5, 0.6) is 0 Å². The molecule has 1 saturated carbocycles. The molecule has 0 saturated heterocycles. The molecule has 0 bridgehead atoms. The highest BCUT2D eigenvalue weighted by atomic mass is 35.5. The van der Waals surface area contributed by atoms with E-state index in [0.29, 0.717) is 11.4 Å². The van der Waals surface area contributed by atoms with E-state index in [0.717, 1.165) is 29.4 Å². The highest BCUT2D eigenvalue weighted by molar-refractivity contribution is 6.33. The van der Waals surface area contributed by atoms with Crippen LogP contribution in [-0.2, 0) is 11.2 Å². The second-order valence-corrected chi connectivity index (χ2v) is 6.36. The third kappa shape index (κ3) is 3.09. The van der Waals surface area contributed by atoms with E-state index in [4.69, 9.17) is 11.6 Å². The van der Waals surface area contributed by atoms with Crippen molar-refractivity contribution in [3.63, 3.8) is 0 Å². The molecule has 3 nitrogen and oxygen atoms in total. The number of fused-ring (bicyclic) bond motifs is 1. The minimum Gasteiger partial charge on any atom is -0.384 e. The molecular weight excluding hydrogens is 272 g/mol. The lowest BCUT2D eigenvalue weighted by Crippen LogP contribution is -2.14. The van der Waals surface area contributed by atoms with E-state index in [1.54, 1.807) is 0 Å². The number of nitrogens with one attached hydrogen (secondary N) is 2. The van der Waals surface area contributed by atoms with Gasteiger partial charge in [-0.15, -0.1) is 0 Å². The van der Waals surface area contributed by atoms with Gasteiger partial charge in [-0.2, -0.15) is 0 Å². The molecule has 0 atom stereocenters. The van der Waals surface area contributed by atoms with Crippen LogP contribution in [0.2, 0.25) is 5.02 Å². The summed E-state index contributed by atoms with van der Waals surface area (Å²) in [5.41, 5.74) is 2.87. The van der Waals surface area contributed by atoms with Crippen molar-refractivity contribution >= 4 is 28.9 Å². The van der Waals surface area contributed by atoms with Crippen LogP contribution in [0.25, 0.3) is 0 Å². The smallest absolute Gasteiger partial charge is 0.228 e. The van der Waals surface area contributed by atoms with E-state index < -0.39 is 0 Å². The Hall–Kier alpha value is -1.22. The topological polar surface area (TPSA) is 41.1 Å². The minimum atomic E-state index is 0.0528. The number of anilines is 2. The molecule has 1 aromatic carbocycles. The molecule has 1 heterocycles. The van der Waals surface area contributed by atoms with Crippen molar-refractivity contribution in [2.24, 2.45) is 5.92 Å². The summed E-state index contributed by atoms with van der Waals surface area (Å²) in [6.45, 7) is 0.986. The molecule has 1 aliphatic heterocycles. The predicted octanol–water partition coefficient (Wildman–Crippen LogP) is 4.22. The average Bonchev–Trinajstić information content (AvgIpc) is 2.64. The van der Waals surface area contributed by atoms with Crippen LogP contribution in [0.15, 0.2) is 12.1 Å². The molecule has 1 amide bonds. The predicted molar refractivity (Wildman–Crippen MR) is 83.5 cm³/mol. The Morgan fingerprint density at radius 1 is 1.20 bits per heavy atom. The minimum absolute atomic E-state index is 0.0528. The molecule has 0 aromatic heterocycles. The number of amides is 1. The summed E-state index contributed by atoms with van der Waals surface area (Å²) in [6, 6.07) is 3.88. The van der Waals surface area contributed by atoms with Crippen LogP contribution in [0, 0.1) is 5.92 Å². The molecule has 0 radical (unpaired) electrons. The van der Waals surface area contributed by atoms with Crippen molar-refractivity contribution < 1.29 is 4.79 Å². The van der Waals surface area contributed by atoms with Gasteiger partial charge in [-0.1, -0.05) is 37.3 Å². The van der Waals surface area contributed by atoms with Gasteiger partial charge in [0, 0.05) is 12.2 Å². The fourth-order valence-corrected chi connectivity index (χ4v) is 3.44. The van der Waals surface area contributed by atoms with E-state index >= 15 is 0 Å². The molecule has 108 valence electrons. The Kier molecular flexibility index (Phi) is 4.16. The maximum absolute atomic E-state index is 11.4. The van der Waals surface area contributed by atoms with E-state index in [1.807, 2.05) is 12.1 Å². The molecular formula is C16H21ClN2O. The van der Waals surface area contributed by atoms with Gasteiger partial charge < -0.3 is 10.6 Å². The zero-order chi connectivity index (χ0) is 13.9. The summed E-state index contributed by atoms with van der Waals surface area (Å²) in [5, 5.41) is 7.01. The number of hydrogen-bond acceptors (Lipinski definition) is 2. The molecule has 0 spiro atoms. The molecule has 2 N–H and O–H groups in total. The fourth-order valence-electron chi connectivity index (χ4n) is 3.21. The van der Waals surface area contributed by atoms with E-state index in [-0.39, 0.29) is 5.91 Å². The first-order valence-electron chi connectivity index (χ1n) is 7.58. The molecule has 20 heavy (non-hydrogen) atoms. The summed E-state index contributed by atoms with van der Waals surface area (Å²) in [6.07, 6.45) is 8.55. The lowest BCUT2D eigenvalue weighted by molar-refractivity contribution is -0.115. The van der Waals surface area contributed by atoms with Crippen molar-refractivity contribution in [3.8, 4) is 0 Å². The number of carbonyl (C=O) groups excluding carboxylic acids is 1. The summed E-state index contributed by atoms with van der Waals surface area (Å²) in [5.74, 6) is 0.804. The van der Waals surface area contributed by atoms with E-state index in [2.05, 4.69) is 10.6 Å². The Labute approximate surface area is 125 Å². The monoisotopic (exact) mass is 292 g/mol. The van der Waals surface area contributed by atoms with Crippen LogP contribution < -0.4 is 10.6 Å². The summed E-state index contributed by atoms with van der Waals surface area (Å²) < 4.78 is 0. The highest BCUT2D eigenvalue weighted by Crippen LogP contribution is 2.33. The van der Waals surface area contributed by atoms with Crippen LogP contribution in [0.1, 0.15) is 44.1 Å². The van der Waals surface area contributed by atoms with E-state index in [9.17, 15) is 4.79 Å². The lowest BCUT2D eigenvalue weighted by atomic mass is 10.0. The number of hydrogen-bond donors (Lipinski definition) is 2. The molecule has 2 aliphatic rings. The fraction of sp³-hybridized carbons (Fsp3) is 0.562. The van der Waals surface area contributed by atoms with Crippen LogP contribution in [0.3, 0.4) is 0 Å². The maximum atomic E-state index is 11.4. The molecule has 0 unspecified atom stereocenters. The van der Waals surface area contributed by atoms with Gasteiger partial charge in [0.05, 0.1) is 17.1 Å². The molecule has 1 fully saturated rings. The van der Waals surface area contributed by atoms with Crippen molar-refractivity contribution in [1.82, 2.24) is 0 Å². The first kappa shape index (κ1) is 13.7. The maximum Gasteiger partial charge on any atom is 0.228 e. The Morgan fingerprint density at radius 2 is 1.95 bits per heavy atom. The lowest BCUT2D eigenvalue weighted by Gasteiger charge is -2.17. The largest absolute Gasteiger partial charge is 0.384 e. The summed E-state index contributed by atoms with van der Waals surface area (Å²) in [4.78, 5) is 11.4. The molecule has 1 aromatic rings. The highest BCUT2D eigenvalue weighted by Gasteiger charge is 2.20. The first-order valence-corrected chi connectivity index (χ1v) is 7.96. The standard InChI is InChI=1S/C16H21ClN2O/c17-13-9-14-12(8-16(20)19-14)7-15(13)18-10-11-5-3-1-2-4-6-11/h7,9,11,18H,1-6,8,10H2,(H,19,20). The second kappa shape index (κ2) is 6.04. The summed E-state index contributed by atoms with van der Waals surface area (Å²) in [7, 11) is 0. The SMILES string of the molecule is O=C1Cc2cc(NCC3CCCCCC3)c(Cl)cc2N1. The third-order valence-corrected chi connectivity index (χ3v) is 4.69. The third-order valence-electron chi connectivity index (χ3n) is 4.37. The quantitative estimate of drug-likeness (QED) is 0.819. The van der Waals surface area contributed by atoms with Gasteiger partial charge in [-0.25, -0.2) is 0 Å². The van der Waals surface area contributed by atoms with Crippen molar-refractivity contribution in [2.45, 2.75) is 44.9 Å². The zero-order valence-electron chi connectivity index (χ0n) is 11.7. The second-order valence-electron chi connectivity index (χ2n) is 5.95. The van der Waals surface area contributed by atoms with Crippen LogP contribution in [0.4, 0.5) is 11.4 Å². The first-order chi connectivity index (χ1) is 9.72. The average molecular weight is 293 g/mol. The van der Waals surface area contributed by atoms with Gasteiger partial charge in [-0.3, -0.25) is 4.79 Å². The summed E-state index contributed by atoms with van der Waals surface area (Å²) >= 11 is 6.29. The van der Waals surface area contributed by atoms with Gasteiger partial charge in [-0.05, 0) is 36.5 Å². The van der Waals surface area contributed by atoms with Gasteiger partial charge in [0.2, 0.25) is 5.91 Å². The van der Waals surface area contributed by atoms with Gasteiger partial charge >= 0.3 is 0 Å². The Morgan fingerprint density at radius 3 is 2.70 bits per heavy atom. The van der Waals surface area contributed by atoms with Crippen LogP contribution in [-0.4, -0.2) is 12.5 Å². The molecule has 4 heteroatoms. The van der Waals surface area contributed by atoms with Gasteiger partial charge in [0.1, 0.15) is 0 Å². The van der Waals surface area contributed by atoms with Gasteiger partial charge in [0.15, 0.2) is 0 Å². The van der Waals surface area contributed by atoms with Crippen LogP contribution >= 0.6 is 11.6 Å². The molecule has 3 rings (SSSR count). The number of benzene rings is 1. The Bertz CT molecular complexity index is 507. The number of rotatable bonds is 3.